The van der Waals surface area contributed by atoms with Gasteiger partial charge < -0.3 is 4.42 Å². The number of fused-ring (bicyclic) bond motifs is 3. The van der Waals surface area contributed by atoms with Crippen molar-refractivity contribution in [3.05, 3.63) is 52.4 Å². The normalized spacial score (nSPS) is 12.2. The molecule has 0 spiro atoms. The zero-order valence-electron chi connectivity index (χ0n) is 14.4. The summed E-state index contributed by atoms with van der Waals surface area (Å²) in [5.41, 5.74) is 1.82. The Balaban J connectivity index is 2.44. The van der Waals surface area contributed by atoms with Crippen LogP contribution in [0.1, 0.15) is 25.3 Å². The van der Waals surface area contributed by atoms with Gasteiger partial charge in [0.25, 0.3) is 0 Å². The fraction of sp³-hybridized carbons (Fsp3) is 0.350. The third-order valence-corrected chi connectivity index (χ3v) is 6.42. The summed E-state index contributed by atoms with van der Waals surface area (Å²) in [6.07, 6.45) is 3.42. The van der Waals surface area contributed by atoms with E-state index in [2.05, 4.69) is 44.8 Å². The first kappa shape index (κ1) is 16.0. The lowest BCUT2D eigenvalue weighted by Gasteiger charge is -2.20. The van der Waals surface area contributed by atoms with Crippen molar-refractivity contribution < 1.29 is 4.42 Å². The van der Waals surface area contributed by atoms with Gasteiger partial charge in [-0.25, -0.2) is 4.79 Å². The van der Waals surface area contributed by atoms with Gasteiger partial charge in [-0.1, -0.05) is 63.3 Å². The summed E-state index contributed by atoms with van der Waals surface area (Å²) in [5.74, 6) is 0. The van der Waals surface area contributed by atoms with Crippen molar-refractivity contribution in [2.24, 2.45) is 0 Å². The van der Waals surface area contributed by atoms with Crippen molar-refractivity contribution in [3.63, 3.8) is 0 Å². The van der Waals surface area contributed by atoms with Crippen molar-refractivity contribution in [1.82, 2.24) is 0 Å². The first-order valence-electron chi connectivity index (χ1n) is 8.41. The van der Waals surface area contributed by atoms with E-state index in [0.29, 0.717) is 5.58 Å². The van der Waals surface area contributed by atoms with Crippen molar-refractivity contribution in [2.75, 3.05) is 0 Å². The minimum atomic E-state index is -1.65. The summed E-state index contributed by atoms with van der Waals surface area (Å²) >= 11 is 0. The lowest BCUT2D eigenvalue weighted by molar-refractivity contribution is 0.570. The fourth-order valence-electron chi connectivity index (χ4n) is 3.18. The zero-order valence-corrected chi connectivity index (χ0v) is 15.4. The molecule has 2 nitrogen and oxygen atoms in total. The maximum atomic E-state index is 12.6. The lowest BCUT2D eigenvalue weighted by Crippen LogP contribution is -2.40. The van der Waals surface area contributed by atoms with Crippen LogP contribution < -0.4 is 10.8 Å². The summed E-state index contributed by atoms with van der Waals surface area (Å²) in [6.45, 7) is 9.09. The topological polar surface area (TPSA) is 30.2 Å². The van der Waals surface area contributed by atoms with Crippen LogP contribution in [0.15, 0.2) is 45.6 Å². The van der Waals surface area contributed by atoms with Gasteiger partial charge in [0, 0.05) is 10.8 Å². The van der Waals surface area contributed by atoms with Crippen LogP contribution in [0.25, 0.3) is 21.7 Å². The second kappa shape index (κ2) is 5.97. The maximum absolute atomic E-state index is 12.6. The van der Waals surface area contributed by atoms with E-state index in [-0.39, 0.29) is 5.63 Å². The van der Waals surface area contributed by atoms with E-state index in [0.717, 1.165) is 22.6 Å². The molecular weight excluding hydrogens is 300 g/mol. The largest absolute Gasteiger partial charge is 0.422 e. The van der Waals surface area contributed by atoms with Crippen LogP contribution in [0.5, 0.6) is 0 Å². The molecule has 23 heavy (non-hydrogen) atoms. The molecule has 0 bridgehead atoms. The van der Waals surface area contributed by atoms with Gasteiger partial charge in [-0.15, -0.1) is 0 Å². The Labute approximate surface area is 138 Å². The van der Waals surface area contributed by atoms with Gasteiger partial charge in [0.15, 0.2) is 0 Å². The molecular formula is C20H24O2Si. The van der Waals surface area contributed by atoms with Gasteiger partial charge in [0.1, 0.15) is 5.58 Å². The van der Waals surface area contributed by atoms with Gasteiger partial charge in [-0.2, -0.15) is 0 Å². The number of para-hydroxylation sites is 1. The molecule has 0 radical (unpaired) electrons. The highest BCUT2D eigenvalue weighted by atomic mass is 28.3. The third kappa shape index (κ3) is 2.98. The molecule has 3 heteroatoms. The van der Waals surface area contributed by atoms with Crippen LogP contribution in [0, 0.1) is 0 Å². The number of benzene rings is 2. The van der Waals surface area contributed by atoms with Crippen molar-refractivity contribution in [3.8, 4) is 0 Å². The molecule has 0 fully saturated rings. The van der Waals surface area contributed by atoms with Crippen LogP contribution in [-0.2, 0) is 6.42 Å². The smallest absolute Gasteiger partial charge is 0.344 e. The van der Waals surface area contributed by atoms with E-state index >= 15 is 0 Å². The fourth-order valence-corrected chi connectivity index (χ4v) is 4.79. The maximum Gasteiger partial charge on any atom is 0.344 e. The molecule has 0 aliphatic heterocycles. The van der Waals surface area contributed by atoms with Crippen molar-refractivity contribution in [1.29, 1.82) is 0 Å². The predicted molar refractivity (Wildman–Crippen MR) is 102 cm³/mol. The molecule has 1 heterocycles. The van der Waals surface area contributed by atoms with E-state index in [4.69, 9.17) is 4.42 Å². The number of hydrogen-bond donors (Lipinski definition) is 0. The Kier molecular flexibility index (Phi) is 4.15. The van der Waals surface area contributed by atoms with E-state index in [1.165, 1.54) is 23.6 Å². The Hall–Kier alpha value is -1.87. The van der Waals surface area contributed by atoms with Crippen LogP contribution in [0.4, 0.5) is 0 Å². The van der Waals surface area contributed by atoms with Crippen molar-refractivity contribution in [2.45, 2.75) is 45.8 Å². The van der Waals surface area contributed by atoms with E-state index in [9.17, 15) is 4.79 Å². The second-order valence-electron chi connectivity index (χ2n) is 7.31. The van der Waals surface area contributed by atoms with E-state index in [1.807, 2.05) is 18.2 Å². The van der Waals surface area contributed by atoms with E-state index < -0.39 is 8.07 Å². The first-order chi connectivity index (χ1) is 10.9. The van der Waals surface area contributed by atoms with Crippen LogP contribution >= 0.6 is 0 Å². The Morgan fingerprint density at radius 2 is 1.78 bits per heavy atom. The van der Waals surface area contributed by atoms with Crippen molar-refractivity contribution >= 4 is 35.0 Å². The summed E-state index contributed by atoms with van der Waals surface area (Å²) < 4.78 is 5.60. The minimum absolute atomic E-state index is 0.196. The summed E-state index contributed by atoms with van der Waals surface area (Å²) in [5, 5.41) is 4.12. The van der Waals surface area contributed by atoms with Gasteiger partial charge in [0.05, 0.1) is 13.5 Å². The van der Waals surface area contributed by atoms with Gasteiger partial charge in [-0.3, -0.25) is 0 Å². The van der Waals surface area contributed by atoms with E-state index in [1.54, 1.807) is 0 Å². The quantitative estimate of drug-likeness (QED) is 0.391. The molecule has 0 atom stereocenters. The molecule has 2 aromatic carbocycles. The molecule has 0 saturated carbocycles. The van der Waals surface area contributed by atoms with Crippen LogP contribution in [0.3, 0.4) is 0 Å². The molecule has 0 saturated heterocycles. The zero-order chi connectivity index (χ0) is 16.6. The monoisotopic (exact) mass is 324 g/mol. The minimum Gasteiger partial charge on any atom is -0.422 e. The summed E-state index contributed by atoms with van der Waals surface area (Å²) in [7, 11) is -1.65. The lowest BCUT2D eigenvalue weighted by atomic mass is 10.0. The van der Waals surface area contributed by atoms with Crippen LogP contribution in [-0.4, -0.2) is 8.07 Å². The summed E-state index contributed by atoms with van der Waals surface area (Å²) in [6, 6.07) is 12.3. The highest BCUT2D eigenvalue weighted by molar-refractivity contribution is 6.90. The van der Waals surface area contributed by atoms with Gasteiger partial charge >= 0.3 is 5.63 Å². The number of aryl methyl sites for hydroxylation is 1. The number of rotatable bonds is 4. The molecule has 3 aromatic rings. The number of unbranched alkanes of at least 4 members (excludes halogenated alkanes) is 1. The predicted octanol–water partition coefficient (Wildman–Crippen LogP) is 4.83. The number of hydrogen-bond acceptors (Lipinski definition) is 2. The highest BCUT2D eigenvalue weighted by Gasteiger charge is 2.23. The molecule has 3 rings (SSSR count). The first-order valence-corrected chi connectivity index (χ1v) is 11.9. The molecule has 0 N–H and O–H groups in total. The molecule has 0 amide bonds. The Bertz CT molecular complexity index is 916. The standard InChI is InChI=1S/C20H24O2Si/c1-5-6-9-14-12-16-15-10-7-8-11-17(15)22-20(21)19(16)18(13-14)23(2,3)4/h7-8,10-13H,5-6,9H2,1-4H3. The summed E-state index contributed by atoms with van der Waals surface area (Å²) in [4.78, 5) is 12.6. The average Bonchev–Trinajstić information content (AvgIpc) is 2.51. The molecule has 120 valence electrons. The second-order valence-corrected chi connectivity index (χ2v) is 12.3. The molecule has 0 unspecified atom stereocenters. The molecule has 0 aliphatic rings. The average molecular weight is 324 g/mol. The Morgan fingerprint density at radius 3 is 2.48 bits per heavy atom. The third-order valence-electron chi connectivity index (χ3n) is 4.41. The van der Waals surface area contributed by atoms with Crippen LogP contribution in [0.2, 0.25) is 19.6 Å². The SMILES string of the molecule is CCCCc1cc([Si](C)(C)C)c2c(=O)oc3ccccc3c2c1. The highest BCUT2D eigenvalue weighted by Crippen LogP contribution is 2.25. The molecule has 0 aliphatic carbocycles. The van der Waals surface area contributed by atoms with Gasteiger partial charge in [0.2, 0.25) is 0 Å². The Morgan fingerprint density at radius 1 is 1.04 bits per heavy atom. The van der Waals surface area contributed by atoms with Gasteiger partial charge in [-0.05, 0) is 29.7 Å². The molecule has 1 aromatic heterocycles.